The van der Waals surface area contributed by atoms with Gasteiger partial charge in [0.25, 0.3) is 5.91 Å². The van der Waals surface area contributed by atoms with Crippen LogP contribution in [0, 0.1) is 0 Å². The number of hydrogen-bond acceptors (Lipinski definition) is 4. The van der Waals surface area contributed by atoms with Crippen molar-refractivity contribution in [3.63, 3.8) is 0 Å². The van der Waals surface area contributed by atoms with Crippen molar-refractivity contribution < 1.29 is 4.79 Å². The normalized spacial score (nSPS) is 18.0. The highest BCUT2D eigenvalue weighted by Gasteiger charge is 2.28. The van der Waals surface area contributed by atoms with Crippen molar-refractivity contribution >= 4 is 16.9 Å². The molecule has 6 heteroatoms. The number of carbonyl (C=O) groups excluding carboxylic acids is 1. The topological polar surface area (TPSA) is 63.9 Å². The lowest BCUT2D eigenvalue weighted by molar-refractivity contribution is 0.0578. The minimum absolute atomic E-state index is 0.0369. The van der Waals surface area contributed by atoms with E-state index in [4.69, 9.17) is 0 Å². The van der Waals surface area contributed by atoms with Crippen LogP contribution in [0.3, 0.4) is 0 Å². The van der Waals surface area contributed by atoms with E-state index in [2.05, 4.69) is 15.1 Å². The zero-order valence-corrected chi connectivity index (χ0v) is 13.4. The molecule has 0 spiro atoms. The molecule has 1 saturated heterocycles. The summed E-state index contributed by atoms with van der Waals surface area (Å²) in [7, 11) is 0. The highest BCUT2D eigenvalue weighted by Crippen LogP contribution is 2.21. The number of rotatable bonds is 3. The van der Waals surface area contributed by atoms with Gasteiger partial charge in [-0.1, -0.05) is 12.1 Å². The summed E-state index contributed by atoms with van der Waals surface area (Å²) in [6.45, 7) is 1.49. The van der Waals surface area contributed by atoms with Gasteiger partial charge in [0, 0.05) is 18.9 Å². The molecule has 1 fully saturated rings. The molecule has 3 aromatic rings. The third kappa shape index (κ3) is 2.87. The lowest BCUT2D eigenvalue weighted by Gasteiger charge is -2.35. The first-order chi connectivity index (χ1) is 11.8. The van der Waals surface area contributed by atoms with Crippen LogP contribution in [-0.4, -0.2) is 43.1 Å². The van der Waals surface area contributed by atoms with Gasteiger partial charge in [-0.15, -0.1) is 0 Å². The second-order valence-electron chi connectivity index (χ2n) is 6.12. The molecule has 1 aliphatic heterocycles. The van der Waals surface area contributed by atoms with Crippen LogP contribution in [0.1, 0.15) is 29.8 Å². The molecule has 6 nitrogen and oxygen atoms in total. The summed E-state index contributed by atoms with van der Waals surface area (Å²) < 4.78 is 1.89. The van der Waals surface area contributed by atoms with Gasteiger partial charge in [-0.05, 0) is 37.5 Å². The molecule has 0 N–H and O–H groups in total. The number of nitrogens with zero attached hydrogens (tertiary/aromatic N) is 5. The molecule has 4 rings (SSSR count). The number of para-hydroxylation sites is 2. The molecule has 1 amide bonds. The molecule has 1 aliphatic rings. The molecule has 0 aliphatic carbocycles. The highest BCUT2D eigenvalue weighted by molar-refractivity contribution is 5.94. The van der Waals surface area contributed by atoms with Crippen molar-refractivity contribution in [2.24, 2.45) is 0 Å². The van der Waals surface area contributed by atoms with E-state index in [0.717, 1.165) is 43.4 Å². The molecule has 0 bridgehead atoms. The smallest absolute Gasteiger partial charge is 0.274 e. The van der Waals surface area contributed by atoms with E-state index in [0.29, 0.717) is 5.69 Å². The number of fused-ring (bicyclic) bond motifs is 1. The van der Waals surface area contributed by atoms with E-state index in [9.17, 15) is 4.79 Å². The molecule has 1 atom stereocenters. The Bertz CT molecular complexity index is 846. The molecule has 0 unspecified atom stereocenters. The van der Waals surface area contributed by atoms with Gasteiger partial charge in [0.2, 0.25) is 0 Å². The number of piperidine rings is 1. The van der Waals surface area contributed by atoms with E-state index in [1.165, 1.54) is 0 Å². The Balaban J connectivity index is 1.60. The van der Waals surface area contributed by atoms with Gasteiger partial charge in [-0.2, -0.15) is 5.10 Å². The number of benzene rings is 1. The van der Waals surface area contributed by atoms with E-state index >= 15 is 0 Å². The fourth-order valence-electron chi connectivity index (χ4n) is 3.29. The predicted molar refractivity (Wildman–Crippen MR) is 90.4 cm³/mol. The molecule has 1 aromatic carbocycles. The van der Waals surface area contributed by atoms with Crippen molar-refractivity contribution in [2.75, 3.05) is 6.54 Å². The largest absolute Gasteiger partial charge is 0.332 e. The van der Waals surface area contributed by atoms with Crippen molar-refractivity contribution in [3.8, 4) is 0 Å². The minimum atomic E-state index is -0.0369. The second-order valence-corrected chi connectivity index (χ2v) is 6.12. The first-order valence-corrected chi connectivity index (χ1v) is 8.31. The molecule has 24 heavy (non-hydrogen) atoms. The van der Waals surface area contributed by atoms with Crippen molar-refractivity contribution in [1.29, 1.82) is 0 Å². The van der Waals surface area contributed by atoms with Crippen LogP contribution in [0.2, 0.25) is 0 Å². The quantitative estimate of drug-likeness (QED) is 0.743. The van der Waals surface area contributed by atoms with E-state index < -0.39 is 0 Å². The fraction of sp³-hybridized carbons (Fsp3) is 0.333. The van der Waals surface area contributed by atoms with E-state index in [1.807, 2.05) is 46.1 Å². The lowest BCUT2D eigenvalue weighted by Crippen LogP contribution is -2.46. The molecule has 0 saturated carbocycles. The van der Waals surface area contributed by atoms with Crippen molar-refractivity contribution in [2.45, 2.75) is 31.8 Å². The summed E-state index contributed by atoms with van der Waals surface area (Å²) in [5.74, 6) is -0.0369. The third-order valence-electron chi connectivity index (χ3n) is 4.51. The third-order valence-corrected chi connectivity index (χ3v) is 4.51. The Labute approximate surface area is 140 Å². The molecule has 2 aromatic heterocycles. The second kappa shape index (κ2) is 6.39. The summed E-state index contributed by atoms with van der Waals surface area (Å²) in [4.78, 5) is 23.8. The number of hydrogen-bond donors (Lipinski definition) is 0. The Morgan fingerprint density at radius 3 is 2.88 bits per heavy atom. The Morgan fingerprint density at radius 2 is 2.04 bits per heavy atom. The number of carbonyl (C=O) groups is 1. The van der Waals surface area contributed by atoms with Crippen molar-refractivity contribution in [3.05, 3.63) is 54.6 Å². The average Bonchev–Trinajstić information content (AvgIpc) is 3.14. The van der Waals surface area contributed by atoms with Crippen LogP contribution in [0.25, 0.3) is 11.0 Å². The summed E-state index contributed by atoms with van der Waals surface area (Å²) in [5, 5.41) is 4.27. The van der Waals surface area contributed by atoms with Crippen LogP contribution >= 0.6 is 0 Å². The summed E-state index contributed by atoms with van der Waals surface area (Å²) in [6.07, 6.45) is 8.45. The Kier molecular flexibility index (Phi) is 3.94. The highest BCUT2D eigenvalue weighted by atomic mass is 16.2. The monoisotopic (exact) mass is 321 g/mol. The molecule has 3 heterocycles. The molecule has 0 radical (unpaired) electrons. The number of likely N-dealkylation sites (tertiary alicyclic amines) is 1. The summed E-state index contributed by atoms with van der Waals surface area (Å²) in [6, 6.07) is 9.67. The van der Waals surface area contributed by atoms with Crippen LogP contribution in [-0.2, 0) is 6.54 Å². The van der Waals surface area contributed by atoms with E-state index in [-0.39, 0.29) is 11.9 Å². The standard InChI is InChI=1S/C18H19N5O/c24-18(17-12-19-15-7-1-2-8-16(15)21-17)23-11-4-3-6-14(23)13-22-10-5-9-20-22/h1-2,5,7-10,12,14H,3-4,6,11,13H2/t14-/m0/s1. The maximum atomic E-state index is 13.0. The van der Waals surface area contributed by atoms with Gasteiger partial charge in [0.15, 0.2) is 0 Å². The zero-order valence-electron chi connectivity index (χ0n) is 13.4. The summed E-state index contributed by atoms with van der Waals surface area (Å²) in [5.41, 5.74) is 1.98. The maximum absolute atomic E-state index is 13.0. The van der Waals surface area contributed by atoms with Gasteiger partial charge in [-0.3, -0.25) is 14.5 Å². The van der Waals surface area contributed by atoms with Crippen molar-refractivity contribution in [1.82, 2.24) is 24.6 Å². The van der Waals surface area contributed by atoms with E-state index in [1.54, 1.807) is 12.4 Å². The molecule has 122 valence electrons. The van der Waals surface area contributed by atoms with Gasteiger partial charge in [0.05, 0.1) is 29.8 Å². The molecular weight excluding hydrogens is 302 g/mol. The van der Waals surface area contributed by atoms with Crippen LogP contribution in [0.5, 0.6) is 0 Å². The Morgan fingerprint density at radius 1 is 1.17 bits per heavy atom. The Hall–Kier alpha value is -2.76. The predicted octanol–water partition coefficient (Wildman–Crippen LogP) is 2.52. The van der Waals surface area contributed by atoms with Gasteiger partial charge in [0.1, 0.15) is 5.69 Å². The average molecular weight is 321 g/mol. The summed E-state index contributed by atoms with van der Waals surface area (Å²) >= 11 is 0. The minimum Gasteiger partial charge on any atom is -0.332 e. The number of amides is 1. The lowest BCUT2D eigenvalue weighted by atomic mass is 10.0. The van der Waals surface area contributed by atoms with Crippen LogP contribution < -0.4 is 0 Å². The first-order valence-electron chi connectivity index (χ1n) is 8.31. The van der Waals surface area contributed by atoms with Crippen LogP contribution in [0.4, 0.5) is 0 Å². The zero-order chi connectivity index (χ0) is 16.4. The maximum Gasteiger partial charge on any atom is 0.274 e. The molecular formula is C18H19N5O. The first kappa shape index (κ1) is 14.8. The van der Waals surface area contributed by atoms with Gasteiger partial charge in [-0.25, -0.2) is 4.98 Å². The fourth-order valence-corrected chi connectivity index (χ4v) is 3.29. The number of aromatic nitrogens is 4. The van der Waals surface area contributed by atoms with Gasteiger partial charge < -0.3 is 4.90 Å². The SMILES string of the molecule is O=C(c1cnc2ccccc2n1)N1CCCC[C@H]1Cn1cccn1. The van der Waals surface area contributed by atoms with Crippen LogP contribution in [0.15, 0.2) is 48.9 Å². The van der Waals surface area contributed by atoms with Gasteiger partial charge >= 0.3 is 0 Å².